The van der Waals surface area contributed by atoms with Crippen molar-refractivity contribution in [3.63, 3.8) is 0 Å². The van der Waals surface area contributed by atoms with Crippen molar-refractivity contribution < 1.29 is 48.4 Å². The Kier molecular flexibility index (Phi) is 8.73. The van der Waals surface area contributed by atoms with E-state index in [1.807, 2.05) is 6.08 Å². The highest BCUT2D eigenvalue weighted by Gasteiger charge is 2.70. The van der Waals surface area contributed by atoms with Crippen molar-refractivity contribution in [3.8, 4) is 17.2 Å². The monoisotopic (exact) mass is 829 g/mol. The highest BCUT2D eigenvalue weighted by Crippen LogP contribution is 2.65. The second-order valence-corrected chi connectivity index (χ2v) is 15.2. The molecule has 0 bridgehead atoms. The van der Waals surface area contributed by atoms with Crippen LogP contribution in [0.4, 0.5) is 15.8 Å². The highest BCUT2D eigenvalue weighted by atomic mass is 79.9. The number of nitrogens with zero attached hydrogens (tertiary/aromatic N) is 2. The minimum absolute atomic E-state index is 0.00897. The first-order chi connectivity index (χ1) is 26.3. The molecule has 4 N–H and O–H groups in total. The van der Waals surface area contributed by atoms with Crippen molar-refractivity contribution in [2.45, 2.75) is 24.2 Å². The molecule has 6 unspecified atom stereocenters. The first-order valence-corrected chi connectivity index (χ1v) is 18.3. The average molecular weight is 831 g/mol. The van der Waals surface area contributed by atoms with Gasteiger partial charge < -0.3 is 20.1 Å². The first-order valence-electron chi connectivity index (χ1n) is 17.1. The summed E-state index contributed by atoms with van der Waals surface area (Å²) in [4.78, 5) is 71.2. The molecule has 2 saturated heterocycles. The lowest BCUT2D eigenvalue weighted by Gasteiger charge is -2.50. The van der Waals surface area contributed by atoms with E-state index in [0.29, 0.717) is 21.7 Å². The number of hydrazine groups is 1. The van der Waals surface area contributed by atoms with Crippen molar-refractivity contribution >= 4 is 68.5 Å². The molecule has 15 heteroatoms. The largest absolute Gasteiger partial charge is 0.507 e. The number of amides is 4. The van der Waals surface area contributed by atoms with Gasteiger partial charge in [-0.15, -0.1) is 0 Å². The fraction of sp³-hybridized carbons (Fsp3) is 0.225. The second kappa shape index (κ2) is 13.2. The number of allylic oxidation sites excluding steroid dienone is 2. The molecule has 2 aliphatic heterocycles. The molecule has 1 saturated carbocycles. The Morgan fingerprint density at radius 2 is 1.65 bits per heavy atom. The minimum Gasteiger partial charge on any atom is -0.507 e. The third-order valence-corrected chi connectivity index (χ3v) is 12.2. The van der Waals surface area contributed by atoms with Crippen LogP contribution in [0.3, 0.4) is 0 Å². The quantitative estimate of drug-likeness (QED) is 0.118. The Morgan fingerprint density at radius 3 is 2.31 bits per heavy atom. The average Bonchev–Trinajstić information content (AvgIpc) is 3.54. The lowest BCUT2D eigenvalue weighted by atomic mass is 9.49. The van der Waals surface area contributed by atoms with Gasteiger partial charge in [-0.3, -0.25) is 24.6 Å². The Morgan fingerprint density at radius 1 is 0.945 bits per heavy atom. The summed E-state index contributed by atoms with van der Waals surface area (Å²) >= 11 is 9.77. The zero-order chi connectivity index (χ0) is 39.1. The molecule has 2 aliphatic carbocycles. The van der Waals surface area contributed by atoms with Crippen molar-refractivity contribution in [2.24, 2.45) is 23.7 Å². The van der Waals surface area contributed by atoms with E-state index in [4.69, 9.17) is 16.3 Å². The lowest BCUT2D eigenvalue weighted by Crippen LogP contribution is -2.53. The van der Waals surface area contributed by atoms with Crippen LogP contribution < -0.4 is 15.1 Å². The Balaban J connectivity index is 1.33. The molecule has 12 nitrogen and oxygen atoms in total. The van der Waals surface area contributed by atoms with E-state index in [0.717, 1.165) is 22.0 Å². The maximum atomic E-state index is 15.3. The van der Waals surface area contributed by atoms with E-state index in [-0.39, 0.29) is 40.2 Å². The summed E-state index contributed by atoms with van der Waals surface area (Å²) in [5.41, 5.74) is 2.59. The number of aromatic carboxylic acids is 1. The Hall–Kier alpha value is -5.73. The molecule has 0 aromatic heterocycles. The van der Waals surface area contributed by atoms with E-state index >= 15 is 4.79 Å². The van der Waals surface area contributed by atoms with Crippen molar-refractivity contribution in [1.82, 2.24) is 5.01 Å². The van der Waals surface area contributed by atoms with Crippen LogP contribution in [0.1, 0.15) is 40.2 Å². The Bertz CT molecular complexity index is 2370. The highest BCUT2D eigenvalue weighted by molar-refractivity contribution is 9.10. The summed E-state index contributed by atoms with van der Waals surface area (Å²) in [6.45, 7) is 0. The normalized spacial score (nSPS) is 25.7. The van der Waals surface area contributed by atoms with Crippen LogP contribution in [0, 0.1) is 29.5 Å². The number of hydrogen-bond donors (Lipinski definition) is 4. The molecule has 4 aliphatic rings. The molecule has 0 radical (unpaired) electrons. The number of anilines is 2. The van der Waals surface area contributed by atoms with Crippen LogP contribution in [-0.2, 0) is 24.6 Å². The predicted octanol–water partition coefficient (Wildman–Crippen LogP) is 6.55. The third-order valence-electron chi connectivity index (χ3n) is 11.3. The lowest BCUT2D eigenvalue weighted by molar-refractivity contribution is -0.138. The van der Waals surface area contributed by atoms with Gasteiger partial charge in [-0.2, -0.15) is 5.01 Å². The van der Waals surface area contributed by atoms with Crippen LogP contribution >= 0.6 is 27.5 Å². The number of hydrogen-bond acceptors (Lipinski definition) is 9. The van der Waals surface area contributed by atoms with Crippen LogP contribution in [-0.4, -0.2) is 57.0 Å². The maximum absolute atomic E-state index is 15.3. The van der Waals surface area contributed by atoms with Gasteiger partial charge >= 0.3 is 5.97 Å². The number of halogens is 3. The summed E-state index contributed by atoms with van der Waals surface area (Å²) in [6, 6.07) is 18.3. The number of benzene rings is 4. The molecule has 3 fully saturated rings. The number of aromatic hydroxyl groups is 2. The van der Waals surface area contributed by atoms with Gasteiger partial charge in [-0.1, -0.05) is 35.4 Å². The molecule has 55 heavy (non-hydrogen) atoms. The maximum Gasteiger partial charge on any atom is 0.339 e. The van der Waals surface area contributed by atoms with Crippen LogP contribution in [0.15, 0.2) is 95.0 Å². The number of phenolic OH excluding ortho intramolecular Hbond substituents is 1. The topological polar surface area (TPSA) is 174 Å². The molecule has 8 rings (SSSR count). The number of nitrogens with one attached hydrogen (secondary N) is 1. The number of carbonyl (C=O) groups is 5. The summed E-state index contributed by atoms with van der Waals surface area (Å²) in [7, 11) is 1.37. The van der Waals surface area contributed by atoms with E-state index in [1.165, 1.54) is 37.4 Å². The standard InChI is InChI=1S/C40H30BrClFN3O9/c1-55-31-15-18(14-29(41)34(31)48)33-24-12-13-26-32(37(51)45(35(26)49)23-10-11-25(38(52)53)30(47)16-23)27(24)17-28-36(50)46(44-22-8-6-21(43)7-9-22)39(54)40(28,33)19-2-4-20(42)5-3-19/h2-12,14-16,26-28,32-33,44,47-48H,13,17H2,1H3,(H,52,53). The molecule has 6 atom stereocenters. The van der Waals surface area contributed by atoms with Gasteiger partial charge in [0.25, 0.3) is 11.8 Å². The van der Waals surface area contributed by atoms with Gasteiger partial charge in [0.15, 0.2) is 11.5 Å². The van der Waals surface area contributed by atoms with E-state index in [9.17, 15) is 38.9 Å². The van der Waals surface area contributed by atoms with Crippen LogP contribution in [0.25, 0.3) is 0 Å². The van der Waals surface area contributed by atoms with Crippen molar-refractivity contribution in [2.75, 3.05) is 17.4 Å². The SMILES string of the molecule is COc1cc(C2C3=CCC4C(=O)N(c5ccc(C(=O)O)c(O)c5)C(=O)C4C3CC3C(=O)N(Nc4ccc(F)cc4)C(=O)C32c2ccc(Cl)cc2)cc(Br)c1O. The number of carboxylic acids is 1. The number of ether oxygens (including phenoxy) is 1. The van der Waals surface area contributed by atoms with Crippen molar-refractivity contribution in [3.05, 3.63) is 123 Å². The van der Waals surface area contributed by atoms with E-state index in [2.05, 4.69) is 21.4 Å². The summed E-state index contributed by atoms with van der Waals surface area (Å²) in [5.74, 6) is -9.81. The molecule has 4 aromatic carbocycles. The summed E-state index contributed by atoms with van der Waals surface area (Å²) in [6.07, 6.45) is 1.89. The number of fused-ring (bicyclic) bond motifs is 4. The fourth-order valence-electron chi connectivity index (χ4n) is 9.04. The summed E-state index contributed by atoms with van der Waals surface area (Å²) in [5, 5.41) is 32.1. The number of carboxylic acid groups (broad SMARTS) is 1. The number of imide groups is 2. The fourth-order valence-corrected chi connectivity index (χ4v) is 9.63. The van der Waals surface area contributed by atoms with Gasteiger partial charge in [0, 0.05) is 17.0 Å². The smallest absolute Gasteiger partial charge is 0.339 e. The van der Waals surface area contributed by atoms with Crippen molar-refractivity contribution in [1.29, 1.82) is 0 Å². The third kappa shape index (κ3) is 5.41. The van der Waals surface area contributed by atoms with E-state index < -0.39 is 81.7 Å². The first kappa shape index (κ1) is 36.3. The molecular formula is C40H30BrClFN3O9. The van der Waals surface area contributed by atoms with E-state index in [1.54, 1.807) is 36.4 Å². The molecule has 4 amide bonds. The minimum atomic E-state index is -1.67. The van der Waals surface area contributed by atoms with Gasteiger partial charge in [0.05, 0.1) is 46.1 Å². The molecule has 2 heterocycles. The van der Waals surface area contributed by atoms with Crippen LogP contribution in [0.5, 0.6) is 17.2 Å². The molecule has 0 spiro atoms. The number of phenols is 2. The van der Waals surface area contributed by atoms with Gasteiger partial charge in [-0.25, -0.2) is 14.1 Å². The summed E-state index contributed by atoms with van der Waals surface area (Å²) < 4.78 is 19.7. The zero-order valence-corrected chi connectivity index (χ0v) is 31.0. The zero-order valence-electron chi connectivity index (χ0n) is 28.7. The predicted molar refractivity (Wildman–Crippen MR) is 199 cm³/mol. The molecule has 280 valence electrons. The van der Waals surface area contributed by atoms with Crippen LogP contribution in [0.2, 0.25) is 5.02 Å². The van der Waals surface area contributed by atoms with Gasteiger partial charge in [0.1, 0.15) is 17.1 Å². The number of methoxy groups -OCH3 is 1. The molecular weight excluding hydrogens is 801 g/mol. The van der Waals surface area contributed by atoms with Gasteiger partial charge in [-0.05, 0) is 106 Å². The second-order valence-electron chi connectivity index (χ2n) is 13.9. The Labute approximate surface area is 325 Å². The number of carbonyl (C=O) groups excluding carboxylic acids is 4. The van der Waals surface area contributed by atoms with Gasteiger partial charge in [0.2, 0.25) is 11.8 Å². The number of rotatable bonds is 7. The molecule has 4 aromatic rings.